The maximum atomic E-state index is 13.0. The Kier molecular flexibility index (Phi) is 5.33. The van der Waals surface area contributed by atoms with Crippen LogP contribution >= 0.6 is 46.1 Å². The highest BCUT2D eigenvalue weighted by atomic mass is 35.5. The van der Waals surface area contributed by atoms with Crippen molar-refractivity contribution in [3.63, 3.8) is 0 Å². The molecular weight excluding hydrogens is 459 g/mol. The average Bonchev–Trinajstić information content (AvgIpc) is 3.06. The molecule has 10 heteroatoms. The standard InChI is InChI=1S/C19H13Cl3N2O4S/c1-8-3-2-4-10-18(8)28-11(6-14(25)26)19(27)24(10)7-13-23-17-12(29-13)5-9(20)15(21)16(17)22/h2-5,11H,6-7H2,1H3,(H,25,26). The van der Waals surface area contributed by atoms with Gasteiger partial charge in [-0.25, -0.2) is 4.98 Å². The third-order valence-electron chi connectivity index (χ3n) is 4.50. The number of para-hydroxylation sites is 1. The summed E-state index contributed by atoms with van der Waals surface area (Å²) in [6, 6.07) is 7.08. The van der Waals surface area contributed by atoms with Gasteiger partial charge < -0.3 is 9.84 Å². The fraction of sp³-hybridized carbons (Fsp3) is 0.211. The Morgan fingerprint density at radius 2 is 2.07 bits per heavy atom. The average molecular weight is 472 g/mol. The Labute approximate surface area is 184 Å². The Hall–Kier alpha value is -2.06. The molecule has 1 aromatic heterocycles. The molecule has 29 heavy (non-hydrogen) atoms. The summed E-state index contributed by atoms with van der Waals surface area (Å²) in [5, 5.41) is 10.6. The Morgan fingerprint density at radius 3 is 2.79 bits per heavy atom. The number of halogens is 3. The van der Waals surface area contributed by atoms with Gasteiger partial charge >= 0.3 is 5.97 Å². The second kappa shape index (κ2) is 7.65. The number of rotatable bonds is 4. The minimum atomic E-state index is -1.11. The second-order valence-corrected chi connectivity index (χ2v) is 8.77. The molecule has 0 saturated carbocycles. The highest BCUT2D eigenvalue weighted by Crippen LogP contribution is 2.41. The van der Waals surface area contributed by atoms with Crippen molar-refractivity contribution < 1.29 is 19.4 Å². The Bertz CT molecular complexity index is 1160. The summed E-state index contributed by atoms with van der Waals surface area (Å²) in [5.41, 5.74) is 1.88. The Morgan fingerprint density at radius 1 is 1.31 bits per heavy atom. The van der Waals surface area contributed by atoms with Crippen LogP contribution in [-0.2, 0) is 16.1 Å². The van der Waals surface area contributed by atoms with E-state index >= 15 is 0 Å². The predicted octanol–water partition coefficient (Wildman–Crippen LogP) is 5.33. The largest absolute Gasteiger partial charge is 0.481 e. The molecule has 1 unspecified atom stereocenters. The fourth-order valence-electron chi connectivity index (χ4n) is 3.16. The number of carbonyl (C=O) groups is 2. The predicted molar refractivity (Wildman–Crippen MR) is 114 cm³/mol. The number of anilines is 1. The van der Waals surface area contributed by atoms with E-state index in [4.69, 9.17) is 44.6 Å². The highest BCUT2D eigenvalue weighted by Gasteiger charge is 2.37. The summed E-state index contributed by atoms with van der Waals surface area (Å²) in [4.78, 5) is 30.2. The third kappa shape index (κ3) is 3.64. The summed E-state index contributed by atoms with van der Waals surface area (Å²) in [7, 11) is 0. The zero-order chi connectivity index (χ0) is 20.9. The van der Waals surface area contributed by atoms with Gasteiger partial charge in [0.05, 0.1) is 38.4 Å². The normalized spacial score (nSPS) is 16.1. The molecule has 1 aliphatic rings. The first-order valence-corrected chi connectivity index (χ1v) is 10.4. The van der Waals surface area contributed by atoms with Crippen LogP contribution in [0.1, 0.15) is 17.0 Å². The molecule has 0 spiro atoms. The topological polar surface area (TPSA) is 79.7 Å². The molecular formula is C19H13Cl3N2O4S. The van der Waals surface area contributed by atoms with Gasteiger partial charge in [-0.3, -0.25) is 14.5 Å². The summed E-state index contributed by atoms with van der Waals surface area (Å²) in [5.74, 6) is -1.06. The lowest BCUT2D eigenvalue weighted by molar-refractivity contribution is -0.142. The van der Waals surface area contributed by atoms with Crippen LogP contribution in [0.25, 0.3) is 10.2 Å². The van der Waals surface area contributed by atoms with Gasteiger partial charge in [0, 0.05) is 0 Å². The number of ether oxygens (including phenoxy) is 1. The van der Waals surface area contributed by atoms with Gasteiger partial charge in [-0.2, -0.15) is 0 Å². The smallest absolute Gasteiger partial charge is 0.307 e. The number of aliphatic carboxylic acids is 1. The van der Waals surface area contributed by atoms with Crippen molar-refractivity contribution in [2.45, 2.75) is 26.0 Å². The number of hydrogen-bond acceptors (Lipinski definition) is 5. The summed E-state index contributed by atoms with van der Waals surface area (Å²) in [6.45, 7) is 1.98. The van der Waals surface area contributed by atoms with Crippen molar-refractivity contribution in [2.24, 2.45) is 0 Å². The van der Waals surface area contributed by atoms with Crippen LogP contribution in [-0.4, -0.2) is 28.1 Å². The van der Waals surface area contributed by atoms with Crippen LogP contribution in [0.15, 0.2) is 24.3 Å². The van der Waals surface area contributed by atoms with Crippen LogP contribution in [0.5, 0.6) is 5.75 Å². The molecule has 150 valence electrons. The fourth-order valence-corrected chi connectivity index (χ4v) is 4.93. The number of carboxylic acids is 1. The number of hydrogen-bond donors (Lipinski definition) is 1. The maximum absolute atomic E-state index is 13.0. The van der Waals surface area contributed by atoms with E-state index in [-0.39, 0.29) is 16.6 Å². The van der Waals surface area contributed by atoms with Gasteiger partial charge in [0.25, 0.3) is 5.91 Å². The van der Waals surface area contributed by atoms with Crippen molar-refractivity contribution >= 4 is 73.9 Å². The number of aromatic nitrogens is 1. The molecule has 6 nitrogen and oxygen atoms in total. The molecule has 4 rings (SSSR count). The number of benzene rings is 2. The molecule has 0 bridgehead atoms. The van der Waals surface area contributed by atoms with E-state index in [1.807, 2.05) is 19.1 Å². The first kappa shape index (κ1) is 20.2. The number of aryl methyl sites for hydroxylation is 1. The van der Waals surface area contributed by atoms with Crippen LogP contribution in [0.2, 0.25) is 15.1 Å². The van der Waals surface area contributed by atoms with Crippen LogP contribution < -0.4 is 9.64 Å². The van der Waals surface area contributed by atoms with Crippen LogP contribution in [0.3, 0.4) is 0 Å². The molecule has 2 aromatic carbocycles. The minimum absolute atomic E-state index is 0.139. The van der Waals surface area contributed by atoms with Crippen molar-refractivity contribution in [1.29, 1.82) is 0 Å². The molecule has 0 radical (unpaired) electrons. The minimum Gasteiger partial charge on any atom is -0.481 e. The van der Waals surface area contributed by atoms with Crippen molar-refractivity contribution in [3.05, 3.63) is 49.9 Å². The number of carbonyl (C=O) groups excluding carboxylic acids is 1. The third-order valence-corrected chi connectivity index (χ3v) is 6.74. The molecule has 0 aliphatic carbocycles. The first-order valence-electron chi connectivity index (χ1n) is 8.48. The van der Waals surface area contributed by atoms with Gasteiger partial charge in [0.1, 0.15) is 16.3 Å². The molecule has 3 aromatic rings. The van der Waals surface area contributed by atoms with Gasteiger partial charge in [0.2, 0.25) is 0 Å². The van der Waals surface area contributed by atoms with Gasteiger partial charge in [-0.05, 0) is 24.6 Å². The maximum Gasteiger partial charge on any atom is 0.307 e. The van der Waals surface area contributed by atoms with Crippen molar-refractivity contribution in [3.8, 4) is 5.75 Å². The van der Waals surface area contributed by atoms with E-state index in [9.17, 15) is 9.59 Å². The van der Waals surface area contributed by atoms with Crippen LogP contribution in [0, 0.1) is 6.92 Å². The quantitative estimate of drug-likeness (QED) is 0.520. The zero-order valence-corrected chi connectivity index (χ0v) is 18.0. The van der Waals surface area contributed by atoms with Gasteiger partial charge in [-0.15, -0.1) is 11.3 Å². The van der Waals surface area contributed by atoms with Gasteiger partial charge in [-0.1, -0.05) is 46.9 Å². The lowest BCUT2D eigenvalue weighted by atomic mass is 10.1. The van der Waals surface area contributed by atoms with E-state index in [1.165, 1.54) is 16.2 Å². The molecule has 0 fully saturated rings. The molecule has 1 aliphatic heterocycles. The zero-order valence-electron chi connectivity index (χ0n) is 14.9. The monoisotopic (exact) mass is 470 g/mol. The van der Waals surface area contributed by atoms with Gasteiger partial charge in [0.15, 0.2) is 6.10 Å². The molecule has 1 N–H and O–H groups in total. The summed E-state index contributed by atoms with van der Waals surface area (Å²) >= 11 is 19.8. The van der Waals surface area contributed by atoms with E-state index in [0.717, 1.165) is 10.3 Å². The number of fused-ring (bicyclic) bond motifs is 2. The lowest BCUT2D eigenvalue weighted by Crippen LogP contribution is -2.46. The number of nitrogens with zero attached hydrogens (tertiary/aromatic N) is 2. The molecule has 1 atom stereocenters. The number of amides is 1. The highest BCUT2D eigenvalue weighted by molar-refractivity contribution is 7.18. The summed E-state index contributed by atoms with van der Waals surface area (Å²) < 4.78 is 6.46. The molecule has 1 amide bonds. The van der Waals surface area contributed by atoms with E-state index < -0.39 is 24.4 Å². The first-order chi connectivity index (χ1) is 13.8. The van der Waals surface area contributed by atoms with E-state index in [1.54, 1.807) is 12.1 Å². The molecule has 2 heterocycles. The van der Waals surface area contributed by atoms with E-state index in [2.05, 4.69) is 4.98 Å². The Balaban J connectivity index is 1.76. The second-order valence-electron chi connectivity index (χ2n) is 6.49. The number of carboxylic acid groups (broad SMARTS) is 1. The lowest BCUT2D eigenvalue weighted by Gasteiger charge is -2.34. The number of thiazole rings is 1. The van der Waals surface area contributed by atoms with Crippen LogP contribution in [0.4, 0.5) is 5.69 Å². The van der Waals surface area contributed by atoms with Crippen molar-refractivity contribution in [1.82, 2.24) is 4.98 Å². The van der Waals surface area contributed by atoms with Crippen molar-refractivity contribution in [2.75, 3.05) is 4.90 Å². The SMILES string of the molecule is Cc1cccc2c1OC(CC(=O)O)C(=O)N2Cc1nc2c(Cl)c(Cl)c(Cl)cc2s1. The summed E-state index contributed by atoms with van der Waals surface area (Å²) in [6.07, 6.45) is -1.54. The molecule has 0 saturated heterocycles. The van der Waals surface area contributed by atoms with E-state index in [0.29, 0.717) is 27.0 Å².